The smallest absolute Gasteiger partial charge is 0.178 e. The molecule has 128 valence electrons. The van der Waals surface area contributed by atoms with Crippen LogP contribution < -0.4 is 4.74 Å². The van der Waals surface area contributed by atoms with Crippen molar-refractivity contribution in [1.82, 2.24) is 0 Å². The molecule has 0 aliphatic carbocycles. The Morgan fingerprint density at radius 1 is 1.12 bits per heavy atom. The fourth-order valence-electron chi connectivity index (χ4n) is 2.07. The number of thioether (sulfide) groups is 1. The Labute approximate surface area is 149 Å². The minimum Gasteiger partial charge on any atom is -0.490 e. The van der Waals surface area contributed by atoms with E-state index in [-0.39, 0.29) is 5.75 Å². The monoisotopic (exact) mass is 370 g/mol. The molecule has 0 saturated heterocycles. The second kappa shape index (κ2) is 9.04. The molecule has 6 heteroatoms. The molecule has 0 saturated carbocycles. The van der Waals surface area contributed by atoms with E-state index in [1.165, 1.54) is 6.07 Å². The maximum atomic E-state index is 14.0. The van der Waals surface area contributed by atoms with Gasteiger partial charge in [-0.3, -0.25) is 4.79 Å². The van der Waals surface area contributed by atoms with Crippen LogP contribution in [-0.2, 0) is 0 Å². The highest BCUT2D eigenvalue weighted by atomic mass is 35.5. The summed E-state index contributed by atoms with van der Waals surface area (Å²) in [6, 6.07) is 9.86. The van der Waals surface area contributed by atoms with E-state index in [2.05, 4.69) is 0 Å². The van der Waals surface area contributed by atoms with E-state index in [9.17, 15) is 13.6 Å². The number of carbonyl (C=O) groups is 1. The van der Waals surface area contributed by atoms with Crippen LogP contribution in [0.2, 0.25) is 5.02 Å². The highest BCUT2D eigenvalue weighted by Crippen LogP contribution is 2.24. The number of benzene rings is 2. The van der Waals surface area contributed by atoms with Crippen LogP contribution in [0.15, 0.2) is 41.3 Å². The lowest BCUT2D eigenvalue weighted by atomic mass is 10.1. The third-order valence-corrected chi connectivity index (χ3v) is 4.64. The van der Waals surface area contributed by atoms with E-state index in [0.717, 1.165) is 36.5 Å². The van der Waals surface area contributed by atoms with Gasteiger partial charge >= 0.3 is 0 Å². The maximum Gasteiger partial charge on any atom is 0.178 e. The number of Topliss-reactive ketones (excluding diaryl/α,β-unsaturated/α-hetero) is 1. The number of halogens is 3. The van der Waals surface area contributed by atoms with Crippen molar-refractivity contribution in [2.45, 2.75) is 24.7 Å². The van der Waals surface area contributed by atoms with Crippen molar-refractivity contribution >= 4 is 29.1 Å². The van der Waals surface area contributed by atoms with Crippen LogP contribution >= 0.6 is 23.4 Å². The molecule has 0 atom stereocenters. The number of ketones is 1. The van der Waals surface area contributed by atoms with Crippen molar-refractivity contribution in [3.05, 3.63) is 58.6 Å². The van der Waals surface area contributed by atoms with Crippen LogP contribution in [-0.4, -0.2) is 18.1 Å². The Balaban J connectivity index is 1.75. The summed E-state index contributed by atoms with van der Waals surface area (Å²) in [5, 5.41) is 0.707. The van der Waals surface area contributed by atoms with Crippen molar-refractivity contribution in [1.29, 1.82) is 0 Å². The lowest BCUT2D eigenvalue weighted by Crippen LogP contribution is -2.06. The molecule has 0 spiro atoms. The highest BCUT2D eigenvalue weighted by molar-refractivity contribution is 7.99. The van der Waals surface area contributed by atoms with Crippen molar-refractivity contribution < 1.29 is 18.3 Å². The van der Waals surface area contributed by atoms with Crippen LogP contribution in [0, 0.1) is 11.6 Å². The summed E-state index contributed by atoms with van der Waals surface area (Å²) >= 11 is 7.53. The fourth-order valence-corrected chi connectivity index (χ4v) is 3.11. The minimum atomic E-state index is -0.932. The molecule has 0 amide bonds. The van der Waals surface area contributed by atoms with Crippen molar-refractivity contribution in [2.75, 3.05) is 12.4 Å². The Hall–Kier alpha value is -1.59. The first kappa shape index (κ1) is 18.7. The zero-order chi connectivity index (χ0) is 17.5. The molecule has 0 unspecified atom stereocenters. The molecule has 0 heterocycles. The average molecular weight is 371 g/mol. The topological polar surface area (TPSA) is 26.3 Å². The summed E-state index contributed by atoms with van der Waals surface area (Å²) in [5.74, 6) is -1.65. The van der Waals surface area contributed by atoms with E-state index >= 15 is 0 Å². The summed E-state index contributed by atoms with van der Waals surface area (Å²) in [7, 11) is 0. The van der Waals surface area contributed by atoms with Crippen molar-refractivity contribution in [3.63, 3.8) is 0 Å². The van der Waals surface area contributed by atoms with Crippen LogP contribution in [0.3, 0.4) is 0 Å². The summed E-state index contributed by atoms with van der Waals surface area (Å²) < 4.78 is 32.8. The molecule has 24 heavy (non-hydrogen) atoms. The van der Waals surface area contributed by atoms with Gasteiger partial charge in [0.2, 0.25) is 0 Å². The van der Waals surface area contributed by atoms with E-state index < -0.39 is 23.0 Å². The average Bonchev–Trinajstić information content (AvgIpc) is 2.54. The number of ether oxygens (including phenoxy) is 1. The Morgan fingerprint density at radius 2 is 1.83 bits per heavy atom. The van der Waals surface area contributed by atoms with E-state index in [0.29, 0.717) is 11.6 Å². The van der Waals surface area contributed by atoms with Crippen LogP contribution in [0.5, 0.6) is 5.75 Å². The molecule has 0 radical (unpaired) electrons. The SMILES string of the molecule is CC(=O)c1c(F)ccc(OCCCCSc2ccc(Cl)cc2)c1F. The summed E-state index contributed by atoms with van der Waals surface area (Å²) in [6.45, 7) is 1.43. The first-order valence-electron chi connectivity index (χ1n) is 7.49. The Kier molecular flexibility index (Phi) is 7.06. The fraction of sp³-hybridized carbons (Fsp3) is 0.278. The number of hydrogen-bond acceptors (Lipinski definition) is 3. The first-order chi connectivity index (χ1) is 11.5. The molecule has 0 bridgehead atoms. The van der Waals surface area contributed by atoms with E-state index in [1.807, 2.05) is 24.3 Å². The quantitative estimate of drug-likeness (QED) is 0.335. The van der Waals surface area contributed by atoms with Crippen LogP contribution in [0.1, 0.15) is 30.1 Å². The predicted octanol–water partition coefficient (Wildman–Crippen LogP) is 5.77. The number of rotatable bonds is 8. The molecule has 2 aromatic rings. The van der Waals surface area contributed by atoms with Gasteiger partial charge in [0.1, 0.15) is 5.82 Å². The van der Waals surface area contributed by atoms with Crippen molar-refractivity contribution in [3.8, 4) is 5.75 Å². The first-order valence-corrected chi connectivity index (χ1v) is 8.85. The van der Waals surface area contributed by atoms with Crippen molar-refractivity contribution in [2.24, 2.45) is 0 Å². The number of hydrogen-bond donors (Lipinski definition) is 0. The van der Waals surface area contributed by atoms with E-state index in [4.69, 9.17) is 16.3 Å². The van der Waals surface area contributed by atoms with Crippen LogP contribution in [0.25, 0.3) is 0 Å². The summed E-state index contributed by atoms with van der Waals surface area (Å²) in [5.41, 5.74) is -0.550. The molecule has 0 aromatic heterocycles. The second-order valence-electron chi connectivity index (χ2n) is 5.15. The van der Waals surface area contributed by atoms with Gasteiger partial charge in [0, 0.05) is 9.92 Å². The normalized spacial score (nSPS) is 10.7. The number of unbranched alkanes of at least 4 members (excludes halogenated alkanes) is 1. The number of carbonyl (C=O) groups excluding carboxylic acids is 1. The molecule has 2 nitrogen and oxygen atoms in total. The molecule has 0 aliphatic heterocycles. The van der Waals surface area contributed by atoms with Gasteiger partial charge in [0.05, 0.1) is 12.2 Å². The Bertz CT molecular complexity index is 705. The molecular weight excluding hydrogens is 354 g/mol. The van der Waals surface area contributed by atoms with Gasteiger partial charge in [-0.15, -0.1) is 11.8 Å². The zero-order valence-electron chi connectivity index (χ0n) is 13.2. The predicted molar refractivity (Wildman–Crippen MR) is 93.3 cm³/mol. The maximum absolute atomic E-state index is 14.0. The van der Waals surface area contributed by atoms with Gasteiger partial charge in [-0.1, -0.05) is 11.6 Å². The van der Waals surface area contributed by atoms with Gasteiger partial charge in [-0.05, 0) is 61.9 Å². The Morgan fingerprint density at radius 3 is 2.50 bits per heavy atom. The summed E-state index contributed by atoms with van der Waals surface area (Å²) in [4.78, 5) is 12.4. The standard InChI is InChI=1S/C18H17ClF2O2S/c1-12(22)17-15(20)8-9-16(18(17)21)23-10-2-3-11-24-14-6-4-13(19)5-7-14/h4-9H,2-3,10-11H2,1H3. The van der Waals surface area contributed by atoms with Gasteiger partial charge in [-0.2, -0.15) is 0 Å². The molecular formula is C18H17ClF2O2S. The lowest BCUT2D eigenvalue weighted by Gasteiger charge is -2.09. The van der Waals surface area contributed by atoms with E-state index in [1.54, 1.807) is 11.8 Å². The highest BCUT2D eigenvalue weighted by Gasteiger charge is 2.18. The molecule has 2 aromatic carbocycles. The summed E-state index contributed by atoms with van der Waals surface area (Å²) in [6.07, 6.45) is 1.61. The van der Waals surface area contributed by atoms with Gasteiger partial charge in [0.25, 0.3) is 0 Å². The third-order valence-electron chi connectivity index (χ3n) is 3.29. The lowest BCUT2D eigenvalue weighted by molar-refractivity contribution is 0.100. The van der Waals surface area contributed by atoms with Gasteiger partial charge in [-0.25, -0.2) is 8.78 Å². The van der Waals surface area contributed by atoms with Gasteiger partial charge in [0.15, 0.2) is 17.3 Å². The van der Waals surface area contributed by atoms with Crippen LogP contribution in [0.4, 0.5) is 8.78 Å². The molecule has 0 N–H and O–H groups in total. The third kappa shape index (κ3) is 5.21. The minimum absolute atomic E-state index is 0.0908. The van der Waals surface area contributed by atoms with Gasteiger partial charge < -0.3 is 4.74 Å². The second-order valence-corrected chi connectivity index (χ2v) is 6.75. The molecule has 0 aliphatic rings. The largest absolute Gasteiger partial charge is 0.490 e. The molecule has 2 rings (SSSR count). The molecule has 0 fully saturated rings. The zero-order valence-corrected chi connectivity index (χ0v) is 14.7.